The van der Waals surface area contributed by atoms with Crippen molar-refractivity contribution in [2.24, 2.45) is 5.10 Å². The SMILES string of the molecule is CC[C@@H](C)c1nc2ccc(Br)cc2c(=O)n1N=Cc1cc(C)c(N2CCCC2)cc1C. The molecule has 2 heterocycles. The lowest BCUT2D eigenvalue weighted by molar-refractivity contribution is 0.613. The standard InChI is InChI=1S/C25H29BrN4O/c1-5-16(2)24-28-22-9-8-20(26)14-21(22)25(31)30(24)27-15-19-12-18(4)23(13-17(19)3)29-10-6-7-11-29/h8-9,12-16H,5-7,10-11H2,1-4H3/t16-/m1/s1. The fourth-order valence-electron chi connectivity index (χ4n) is 4.16. The Balaban J connectivity index is 1.79. The Morgan fingerprint density at radius 1 is 1.16 bits per heavy atom. The molecule has 0 N–H and O–H groups in total. The molecule has 6 heteroatoms. The number of nitrogens with zero attached hydrogens (tertiary/aromatic N) is 4. The van der Waals surface area contributed by atoms with Crippen molar-refractivity contribution in [1.29, 1.82) is 0 Å². The third-order valence-electron chi connectivity index (χ3n) is 6.23. The average molecular weight is 481 g/mol. The number of halogens is 1. The largest absolute Gasteiger partial charge is 0.371 e. The van der Waals surface area contributed by atoms with Crippen LogP contribution in [-0.4, -0.2) is 29.0 Å². The lowest BCUT2D eigenvalue weighted by Crippen LogP contribution is -2.24. The van der Waals surface area contributed by atoms with Gasteiger partial charge in [-0.15, -0.1) is 0 Å². The Morgan fingerprint density at radius 2 is 1.90 bits per heavy atom. The molecule has 162 valence electrons. The lowest BCUT2D eigenvalue weighted by atomic mass is 10.0. The third kappa shape index (κ3) is 4.31. The van der Waals surface area contributed by atoms with Crippen molar-refractivity contribution in [2.45, 2.75) is 52.9 Å². The molecule has 0 spiro atoms. The van der Waals surface area contributed by atoms with Gasteiger partial charge in [0.05, 0.1) is 17.1 Å². The second-order valence-electron chi connectivity index (χ2n) is 8.49. The van der Waals surface area contributed by atoms with Crippen molar-refractivity contribution < 1.29 is 0 Å². The molecule has 1 atom stereocenters. The summed E-state index contributed by atoms with van der Waals surface area (Å²) >= 11 is 3.46. The predicted molar refractivity (Wildman–Crippen MR) is 133 cm³/mol. The maximum atomic E-state index is 13.3. The van der Waals surface area contributed by atoms with Crippen LogP contribution in [0, 0.1) is 13.8 Å². The number of benzene rings is 2. The van der Waals surface area contributed by atoms with Crippen molar-refractivity contribution in [3.05, 3.63) is 67.7 Å². The van der Waals surface area contributed by atoms with Gasteiger partial charge in [-0.2, -0.15) is 9.78 Å². The summed E-state index contributed by atoms with van der Waals surface area (Å²) < 4.78 is 2.33. The van der Waals surface area contributed by atoms with E-state index in [9.17, 15) is 4.79 Å². The van der Waals surface area contributed by atoms with E-state index in [0.29, 0.717) is 16.7 Å². The van der Waals surface area contributed by atoms with Crippen molar-refractivity contribution >= 4 is 38.7 Å². The third-order valence-corrected chi connectivity index (χ3v) is 6.72. The second-order valence-corrected chi connectivity index (χ2v) is 9.41. The van der Waals surface area contributed by atoms with Crippen LogP contribution >= 0.6 is 15.9 Å². The summed E-state index contributed by atoms with van der Waals surface area (Å²) in [6.45, 7) is 10.7. The zero-order valence-electron chi connectivity index (χ0n) is 18.7. The topological polar surface area (TPSA) is 50.5 Å². The fraction of sp³-hybridized carbons (Fsp3) is 0.400. The lowest BCUT2D eigenvalue weighted by Gasteiger charge is -2.21. The van der Waals surface area contributed by atoms with Gasteiger partial charge in [-0.1, -0.05) is 29.8 Å². The zero-order chi connectivity index (χ0) is 22.1. The van der Waals surface area contributed by atoms with Crippen LogP contribution in [0.5, 0.6) is 0 Å². The maximum absolute atomic E-state index is 13.3. The van der Waals surface area contributed by atoms with Gasteiger partial charge >= 0.3 is 0 Å². The van der Waals surface area contributed by atoms with E-state index < -0.39 is 0 Å². The molecular formula is C25H29BrN4O. The molecule has 0 bridgehead atoms. The highest BCUT2D eigenvalue weighted by molar-refractivity contribution is 9.10. The van der Waals surface area contributed by atoms with Crippen LogP contribution in [0.25, 0.3) is 10.9 Å². The van der Waals surface area contributed by atoms with Gasteiger partial charge in [0.1, 0.15) is 5.82 Å². The Morgan fingerprint density at radius 3 is 2.61 bits per heavy atom. The number of rotatable bonds is 5. The molecule has 0 unspecified atom stereocenters. The summed E-state index contributed by atoms with van der Waals surface area (Å²) in [5.41, 5.74) is 5.30. The molecule has 4 rings (SSSR count). The van der Waals surface area contributed by atoms with Crippen molar-refractivity contribution in [3.8, 4) is 0 Å². The minimum absolute atomic E-state index is 0.123. The molecule has 31 heavy (non-hydrogen) atoms. The predicted octanol–water partition coefficient (Wildman–Crippen LogP) is 5.77. The van der Waals surface area contributed by atoms with Gasteiger partial charge in [-0.25, -0.2) is 4.98 Å². The van der Waals surface area contributed by atoms with E-state index in [-0.39, 0.29) is 11.5 Å². The summed E-state index contributed by atoms with van der Waals surface area (Å²) in [5, 5.41) is 5.21. The number of fused-ring (bicyclic) bond motifs is 1. The molecule has 1 fully saturated rings. The average Bonchev–Trinajstić information content (AvgIpc) is 3.29. The van der Waals surface area contributed by atoms with Gasteiger partial charge in [0, 0.05) is 29.2 Å². The molecule has 1 aliphatic heterocycles. The van der Waals surface area contributed by atoms with Crippen molar-refractivity contribution in [2.75, 3.05) is 18.0 Å². The van der Waals surface area contributed by atoms with Crippen molar-refractivity contribution in [1.82, 2.24) is 9.66 Å². The highest BCUT2D eigenvalue weighted by Gasteiger charge is 2.17. The zero-order valence-corrected chi connectivity index (χ0v) is 20.2. The van der Waals surface area contributed by atoms with E-state index in [2.05, 4.69) is 65.8 Å². The van der Waals surface area contributed by atoms with Gasteiger partial charge in [0.25, 0.3) is 5.56 Å². The van der Waals surface area contributed by atoms with Gasteiger partial charge in [-0.05, 0) is 80.1 Å². The van der Waals surface area contributed by atoms with E-state index in [1.54, 1.807) is 6.21 Å². The Kier molecular flexibility index (Phi) is 6.28. The van der Waals surface area contributed by atoms with Crippen LogP contribution in [0.3, 0.4) is 0 Å². The molecule has 1 saturated heterocycles. The number of anilines is 1. The number of hydrogen-bond acceptors (Lipinski definition) is 4. The van der Waals surface area contributed by atoms with E-state index in [4.69, 9.17) is 4.98 Å². The number of aryl methyl sites for hydroxylation is 2. The summed E-state index contributed by atoms with van der Waals surface area (Å²) in [4.78, 5) is 20.6. The van der Waals surface area contributed by atoms with Crippen molar-refractivity contribution in [3.63, 3.8) is 0 Å². The highest BCUT2D eigenvalue weighted by Crippen LogP contribution is 2.27. The van der Waals surface area contributed by atoms with Crippen LogP contribution in [0.2, 0.25) is 0 Å². The molecule has 0 aliphatic carbocycles. The molecular weight excluding hydrogens is 452 g/mol. The first-order valence-corrected chi connectivity index (χ1v) is 11.8. The van der Waals surface area contributed by atoms with Crippen LogP contribution in [-0.2, 0) is 0 Å². The fourth-order valence-corrected chi connectivity index (χ4v) is 4.52. The molecule has 0 amide bonds. The smallest absolute Gasteiger partial charge is 0.282 e. The Bertz CT molecular complexity index is 1210. The molecule has 3 aromatic rings. The molecule has 2 aromatic carbocycles. The van der Waals surface area contributed by atoms with Gasteiger partial charge < -0.3 is 4.90 Å². The number of aromatic nitrogens is 2. The maximum Gasteiger partial charge on any atom is 0.282 e. The van der Waals surface area contributed by atoms with E-state index in [1.165, 1.54) is 28.8 Å². The first-order chi connectivity index (χ1) is 14.9. The molecule has 1 aliphatic rings. The highest BCUT2D eigenvalue weighted by atomic mass is 79.9. The monoisotopic (exact) mass is 480 g/mol. The molecule has 0 saturated carbocycles. The van der Waals surface area contributed by atoms with E-state index in [0.717, 1.165) is 35.1 Å². The Hall–Kier alpha value is -2.47. The first kappa shape index (κ1) is 21.8. The van der Waals surface area contributed by atoms with Gasteiger partial charge in [0.2, 0.25) is 0 Å². The van der Waals surface area contributed by atoms with Gasteiger partial charge in [0.15, 0.2) is 0 Å². The van der Waals surface area contributed by atoms with Crippen LogP contribution in [0.4, 0.5) is 5.69 Å². The van der Waals surface area contributed by atoms with Crippen LogP contribution < -0.4 is 10.5 Å². The minimum Gasteiger partial charge on any atom is -0.371 e. The van der Waals surface area contributed by atoms with E-state index in [1.807, 2.05) is 18.2 Å². The Labute approximate surface area is 191 Å². The molecule has 1 aromatic heterocycles. The minimum atomic E-state index is -0.138. The number of hydrogen-bond donors (Lipinski definition) is 0. The summed E-state index contributed by atoms with van der Waals surface area (Å²) in [6, 6.07) is 10.0. The van der Waals surface area contributed by atoms with E-state index >= 15 is 0 Å². The summed E-state index contributed by atoms with van der Waals surface area (Å²) in [7, 11) is 0. The normalized spacial score (nSPS) is 15.3. The first-order valence-electron chi connectivity index (χ1n) is 11.0. The van der Waals surface area contributed by atoms with Crippen LogP contribution in [0.1, 0.15) is 61.5 Å². The van der Waals surface area contributed by atoms with Gasteiger partial charge in [-0.3, -0.25) is 4.79 Å². The van der Waals surface area contributed by atoms with Crippen LogP contribution in [0.15, 0.2) is 44.7 Å². The second kappa shape index (κ2) is 8.95. The molecule has 5 nitrogen and oxygen atoms in total. The summed E-state index contributed by atoms with van der Waals surface area (Å²) in [5.74, 6) is 0.819. The summed E-state index contributed by atoms with van der Waals surface area (Å²) in [6.07, 6.45) is 5.20. The quantitative estimate of drug-likeness (QED) is 0.435. The molecule has 0 radical (unpaired) electrons.